The second-order valence-electron chi connectivity index (χ2n) is 5.05. The molecule has 1 rings (SSSR count). The second-order valence-corrected chi connectivity index (χ2v) is 5.05. The van der Waals surface area contributed by atoms with E-state index in [9.17, 15) is 0 Å². The van der Waals surface area contributed by atoms with Crippen LogP contribution in [0.4, 0.5) is 0 Å². The van der Waals surface area contributed by atoms with Gasteiger partial charge in [-0.15, -0.1) is 0 Å². The number of benzene rings is 1. The van der Waals surface area contributed by atoms with Crippen LogP contribution < -0.4 is 0 Å². The first-order chi connectivity index (χ1) is 9.60. The lowest BCUT2D eigenvalue weighted by molar-refractivity contribution is 0.791. The van der Waals surface area contributed by atoms with Crippen molar-refractivity contribution in [3.63, 3.8) is 0 Å². The predicted octanol–water partition coefficient (Wildman–Crippen LogP) is 6.87. The quantitative estimate of drug-likeness (QED) is 0.513. The summed E-state index contributed by atoms with van der Waals surface area (Å²) in [6.45, 7) is 15.0. The number of aryl methyl sites for hydroxylation is 2. The summed E-state index contributed by atoms with van der Waals surface area (Å²) >= 11 is 0. The molecule has 0 N–H and O–H groups in total. The standard InChI is InChI=1S/C18H26.C2H6/c1-6-8-12-17(7-2)16(5)13-18-14(3)10-9-11-15(18)4;1-2/h7,9-11,13H,6,8,12H2,1-5H3;1-2H3/b16-13+,17-7-;. The third-order valence-electron chi connectivity index (χ3n) is 3.56. The van der Waals surface area contributed by atoms with Gasteiger partial charge in [-0.3, -0.25) is 0 Å². The van der Waals surface area contributed by atoms with Crippen molar-refractivity contribution >= 4 is 6.08 Å². The summed E-state index contributed by atoms with van der Waals surface area (Å²) < 4.78 is 0. The first-order valence-corrected chi connectivity index (χ1v) is 8.00. The Morgan fingerprint density at radius 3 is 2.10 bits per heavy atom. The molecule has 0 aliphatic heterocycles. The molecule has 0 amide bonds. The van der Waals surface area contributed by atoms with Gasteiger partial charge in [-0.1, -0.05) is 57.5 Å². The van der Waals surface area contributed by atoms with E-state index in [-0.39, 0.29) is 0 Å². The number of hydrogen-bond acceptors (Lipinski definition) is 0. The van der Waals surface area contributed by atoms with Crippen LogP contribution in [0.2, 0.25) is 0 Å². The van der Waals surface area contributed by atoms with Crippen molar-refractivity contribution in [3.8, 4) is 0 Å². The highest BCUT2D eigenvalue weighted by Gasteiger charge is 2.03. The van der Waals surface area contributed by atoms with Crippen molar-refractivity contribution in [2.24, 2.45) is 0 Å². The molecule has 0 saturated heterocycles. The Morgan fingerprint density at radius 1 is 1.10 bits per heavy atom. The number of unbranched alkanes of at least 4 members (excludes halogenated alkanes) is 1. The summed E-state index contributed by atoms with van der Waals surface area (Å²) in [5.74, 6) is 0. The van der Waals surface area contributed by atoms with Crippen molar-refractivity contribution in [1.82, 2.24) is 0 Å². The molecule has 0 heterocycles. The van der Waals surface area contributed by atoms with Crippen molar-refractivity contribution < 1.29 is 0 Å². The highest BCUT2D eigenvalue weighted by molar-refractivity contribution is 5.63. The average Bonchev–Trinajstić information content (AvgIpc) is 2.46. The van der Waals surface area contributed by atoms with Gasteiger partial charge in [0.1, 0.15) is 0 Å². The van der Waals surface area contributed by atoms with E-state index in [4.69, 9.17) is 0 Å². The second kappa shape index (κ2) is 10.5. The molecule has 0 unspecified atom stereocenters. The Bertz CT molecular complexity index is 427. The molecule has 1 aromatic rings. The number of allylic oxidation sites excluding steroid dienone is 3. The highest BCUT2D eigenvalue weighted by atomic mass is 14.1. The van der Waals surface area contributed by atoms with Crippen LogP contribution in [0.1, 0.15) is 70.6 Å². The van der Waals surface area contributed by atoms with Gasteiger partial charge >= 0.3 is 0 Å². The molecular formula is C20H32. The summed E-state index contributed by atoms with van der Waals surface area (Å²) in [5, 5.41) is 0. The molecule has 0 heteroatoms. The molecule has 1 aromatic carbocycles. The zero-order valence-electron chi connectivity index (χ0n) is 14.5. The highest BCUT2D eigenvalue weighted by Crippen LogP contribution is 2.23. The van der Waals surface area contributed by atoms with E-state index in [1.165, 1.54) is 47.1 Å². The van der Waals surface area contributed by atoms with Gasteiger partial charge in [0, 0.05) is 0 Å². The molecule has 112 valence electrons. The van der Waals surface area contributed by atoms with E-state index < -0.39 is 0 Å². The fraction of sp³-hybridized carbons (Fsp3) is 0.500. The summed E-state index contributed by atoms with van der Waals surface area (Å²) in [5.41, 5.74) is 6.99. The van der Waals surface area contributed by atoms with E-state index in [2.05, 4.69) is 65.0 Å². The molecule has 0 fully saturated rings. The third kappa shape index (κ3) is 5.77. The molecule has 0 aliphatic carbocycles. The van der Waals surface area contributed by atoms with Crippen LogP contribution in [0.15, 0.2) is 35.4 Å². The lowest BCUT2D eigenvalue weighted by Crippen LogP contribution is -1.90. The summed E-state index contributed by atoms with van der Waals surface area (Å²) in [6, 6.07) is 6.51. The van der Waals surface area contributed by atoms with Crippen LogP contribution in [-0.4, -0.2) is 0 Å². The Hall–Kier alpha value is -1.30. The largest absolute Gasteiger partial charge is 0.0842 e. The molecule has 20 heavy (non-hydrogen) atoms. The first kappa shape index (κ1) is 18.7. The topological polar surface area (TPSA) is 0 Å². The van der Waals surface area contributed by atoms with Gasteiger partial charge in [0.15, 0.2) is 0 Å². The lowest BCUT2D eigenvalue weighted by Gasteiger charge is -2.10. The van der Waals surface area contributed by atoms with E-state index in [0.717, 1.165) is 0 Å². The monoisotopic (exact) mass is 272 g/mol. The minimum Gasteiger partial charge on any atom is -0.0842 e. The van der Waals surface area contributed by atoms with Crippen LogP contribution in [0, 0.1) is 13.8 Å². The first-order valence-electron chi connectivity index (χ1n) is 8.00. The molecule has 0 nitrogen and oxygen atoms in total. The minimum absolute atomic E-state index is 1.19. The molecule has 0 saturated carbocycles. The molecule has 0 radical (unpaired) electrons. The zero-order valence-corrected chi connectivity index (χ0v) is 14.5. The SMILES string of the molecule is C/C=C(CCCC)\C(C)=C\c1c(C)cccc1C.CC. The van der Waals surface area contributed by atoms with Gasteiger partial charge in [0.25, 0.3) is 0 Å². The predicted molar refractivity (Wildman–Crippen MR) is 94.2 cm³/mol. The Morgan fingerprint density at radius 2 is 1.65 bits per heavy atom. The molecule has 0 bridgehead atoms. The molecule has 0 spiro atoms. The summed E-state index contributed by atoms with van der Waals surface area (Å²) in [4.78, 5) is 0. The average molecular weight is 272 g/mol. The van der Waals surface area contributed by atoms with Crippen molar-refractivity contribution in [3.05, 3.63) is 52.1 Å². The van der Waals surface area contributed by atoms with Crippen LogP contribution in [0.5, 0.6) is 0 Å². The Balaban J connectivity index is 0.00000172. The maximum Gasteiger partial charge on any atom is -0.0195 e. The normalized spacial score (nSPS) is 11.9. The molecule has 0 atom stereocenters. The molecular weight excluding hydrogens is 240 g/mol. The summed E-state index contributed by atoms with van der Waals surface area (Å²) in [7, 11) is 0. The maximum atomic E-state index is 2.34. The minimum atomic E-state index is 1.19. The van der Waals surface area contributed by atoms with E-state index >= 15 is 0 Å². The van der Waals surface area contributed by atoms with Crippen molar-refractivity contribution in [2.45, 2.75) is 67.7 Å². The number of rotatable bonds is 5. The fourth-order valence-electron chi connectivity index (χ4n) is 2.30. The number of hydrogen-bond donors (Lipinski definition) is 0. The van der Waals surface area contributed by atoms with Gasteiger partial charge < -0.3 is 0 Å². The van der Waals surface area contributed by atoms with Gasteiger partial charge in [-0.2, -0.15) is 0 Å². The van der Waals surface area contributed by atoms with Gasteiger partial charge in [-0.25, -0.2) is 0 Å². The fourth-order valence-corrected chi connectivity index (χ4v) is 2.30. The lowest BCUT2D eigenvalue weighted by atomic mass is 9.95. The summed E-state index contributed by atoms with van der Waals surface area (Å²) in [6.07, 6.45) is 8.33. The van der Waals surface area contributed by atoms with E-state index in [1.807, 2.05) is 13.8 Å². The molecule has 0 aromatic heterocycles. The smallest absolute Gasteiger partial charge is 0.0195 e. The van der Waals surface area contributed by atoms with E-state index in [0.29, 0.717) is 0 Å². The third-order valence-corrected chi connectivity index (χ3v) is 3.56. The van der Waals surface area contributed by atoms with Gasteiger partial charge in [-0.05, 0) is 68.4 Å². The van der Waals surface area contributed by atoms with E-state index in [1.54, 1.807) is 0 Å². The maximum absolute atomic E-state index is 2.34. The van der Waals surface area contributed by atoms with Gasteiger partial charge in [0.2, 0.25) is 0 Å². The Kier molecular flexibility index (Phi) is 9.80. The van der Waals surface area contributed by atoms with Crippen LogP contribution in [0.3, 0.4) is 0 Å². The van der Waals surface area contributed by atoms with Crippen molar-refractivity contribution in [1.29, 1.82) is 0 Å². The van der Waals surface area contributed by atoms with Gasteiger partial charge in [0.05, 0.1) is 0 Å². The Labute approximate surface area is 126 Å². The van der Waals surface area contributed by atoms with Crippen molar-refractivity contribution in [2.75, 3.05) is 0 Å². The zero-order chi connectivity index (χ0) is 15.5. The van der Waals surface area contributed by atoms with Crippen LogP contribution >= 0.6 is 0 Å². The van der Waals surface area contributed by atoms with Crippen LogP contribution in [0.25, 0.3) is 6.08 Å². The molecule has 0 aliphatic rings. The van der Waals surface area contributed by atoms with Crippen LogP contribution in [-0.2, 0) is 0 Å².